The minimum atomic E-state index is -3.57. The van der Waals surface area contributed by atoms with Crippen LogP contribution in [0.15, 0.2) is 53.6 Å². The van der Waals surface area contributed by atoms with E-state index in [-0.39, 0.29) is 22.7 Å². The fourth-order valence-electron chi connectivity index (χ4n) is 1.81. The maximum absolute atomic E-state index is 12.0. The molecule has 24 heavy (non-hydrogen) atoms. The maximum atomic E-state index is 12.0. The van der Waals surface area contributed by atoms with Gasteiger partial charge >= 0.3 is 0 Å². The van der Waals surface area contributed by atoms with Gasteiger partial charge in [0.2, 0.25) is 10.0 Å². The zero-order valence-corrected chi connectivity index (χ0v) is 13.6. The Morgan fingerprint density at radius 1 is 1.00 bits per heavy atom. The molecule has 1 aromatic carbocycles. The van der Waals surface area contributed by atoms with Crippen LogP contribution in [-0.4, -0.2) is 31.8 Å². The summed E-state index contributed by atoms with van der Waals surface area (Å²) in [7, 11) is -3.57. The predicted octanol–water partition coefficient (Wildman–Crippen LogP) is 0.455. The second kappa shape index (κ2) is 7.66. The monoisotopic (exact) mass is 348 g/mol. The summed E-state index contributed by atoms with van der Waals surface area (Å²) in [6.07, 6.45) is 1.46. The summed E-state index contributed by atoms with van der Waals surface area (Å²) in [5, 5.41) is 0. The number of hydrazine groups is 1. The molecule has 0 radical (unpaired) electrons. The summed E-state index contributed by atoms with van der Waals surface area (Å²) in [6.45, 7) is 1.94. The summed E-state index contributed by atoms with van der Waals surface area (Å²) in [4.78, 5) is 27.6. The van der Waals surface area contributed by atoms with Crippen molar-refractivity contribution < 1.29 is 18.0 Å². The first-order valence-electron chi connectivity index (χ1n) is 7.05. The molecule has 0 aliphatic heterocycles. The van der Waals surface area contributed by atoms with Crippen molar-refractivity contribution in [2.45, 2.75) is 11.8 Å². The van der Waals surface area contributed by atoms with E-state index in [1.54, 1.807) is 19.1 Å². The lowest BCUT2D eigenvalue weighted by molar-refractivity contribution is 0.0844. The topological polar surface area (TPSA) is 117 Å². The minimum absolute atomic E-state index is 0.0541. The zero-order valence-electron chi connectivity index (χ0n) is 12.8. The van der Waals surface area contributed by atoms with Crippen LogP contribution in [0.4, 0.5) is 0 Å². The van der Waals surface area contributed by atoms with Crippen molar-refractivity contribution in [1.29, 1.82) is 0 Å². The normalized spacial score (nSPS) is 10.9. The summed E-state index contributed by atoms with van der Waals surface area (Å²) >= 11 is 0. The molecule has 0 spiro atoms. The van der Waals surface area contributed by atoms with Gasteiger partial charge < -0.3 is 0 Å². The highest BCUT2D eigenvalue weighted by molar-refractivity contribution is 7.89. The molecule has 0 aliphatic rings. The molecule has 0 atom stereocenters. The molecule has 2 amide bonds. The van der Waals surface area contributed by atoms with Crippen LogP contribution < -0.4 is 15.6 Å². The van der Waals surface area contributed by atoms with Crippen LogP contribution in [0.5, 0.6) is 0 Å². The van der Waals surface area contributed by atoms with E-state index < -0.39 is 21.8 Å². The van der Waals surface area contributed by atoms with E-state index in [0.717, 1.165) is 0 Å². The Bertz CT molecular complexity index is 820. The highest BCUT2D eigenvalue weighted by Crippen LogP contribution is 2.10. The Morgan fingerprint density at radius 2 is 1.67 bits per heavy atom. The Hall–Kier alpha value is -2.78. The Labute approximate surface area is 139 Å². The van der Waals surface area contributed by atoms with Gasteiger partial charge in [0.15, 0.2) is 0 Å². The van der Waals surface area contributed by atoms with Gasteiger partial charge in [0.1, 0.15) is 5.69 Å². The van der Waals surface area contributed by atoms with Crippen molar-refractivity contribution in [3.05, 3.63) is 59.9 Å². The van der Waals surface area contributed by atoms with Gasteiger partial charge in [-0.2, -0.15) is 0 Å². The first-order chi connectivity index (χ1) is 11.4. The maximum Gasteiger partial charge on any atom is 0.288 e. The molecule has 0 aliphatic carbocycles. The summed E-state index contributed by atoms with van der Waals surface area (Å²) < 4.78 is 26.0. The molecule has 0 saturated heterocycles. The number of nitrogens with zero attached hydrogens (tertiary/aromatic N) is 1. The molecule has 0 saturated carbocycles. The van der Waals surface area contributed by atoms with Crippen molar-refractivity contribution in [2.24, 2.45) is 0 Å². The molecule has 8 nitrogen and oxygen atoms in total. The summed E-state index contributed by atoms with van der Waals surface area (Å²) in [6, 6.07) is 10.1. The number of carbonyl (C=O) groups is 2. The van der Waals surface area contributed by atoms with Gasteiger partial charge in [-0.25, -0.2) is 13.1 Å². The average Bonchev–Trinajstić information content (AvgIpc) is 2.60. The fraction of sp³-hybridized carbons (Fsp3) is 0.133. The van der Waals surface area contributed by atoms with Crippen LogP contribution in [-0.2, 0) is 10.0 Å². The number of hydrogen-bond acceptors (Lipinski definition) is 5. The average molecular weight is 348 g/mol. The van der Waals surface area contributed by atoms with E-state index in [1.165, 1.54) is 36.5 Å². The first-order valence-corrected chi connectivity index (χ1v) is 8.54. The highest BCUT2D eigenvalue weighted by Gasteiger charge is 2.14. The first kappa shape index (κ1) is 17.6. The summed E-state index contributed by atoms with van der Waals surface area (Å²) in [5.74, 6) is -1.14. The van der Waals surface area contributed by atoms with Crippen LogP contribution >= 0.6 is 0 Å². The number of rotatable bonds is 5. The van der Waals surface area contributed by atoms with E-state index in [9.17, 15) is 18.0 Å². The number of hydrogen-bond donors (Lipinski definition) is 3. The van der Waals surface area contributed by atoms with Crippen molar-refractivity contribution in [2.75, 3.05) is 6.54 Å². The van der Waals surface area contributed by atoms with Gasteiger partial charge in [0.05, 0.1) is 4.90 Å². The van der Waals surface area contributed by atoms with Crippen molar-refractivity contribution in [3.63, 3.8) is 0 Å². The molecule has 2 rings (SSSR count). The van der Waals surface area contributed by atoms with Crippen LogP contribution in [0.3, 0.4) is 0 Å². The standard InChI is InChI=1S/C15H16N4O4S/c1-2-17-24(22,23)12-8-6-11(7-9-12)14(20)18-19-15(21)13-5-3-4-10-16-13/h3-10,17H,2H2,1H3,(H,18,20)(H,19,21). The van der Waals surface area contributed by atoms with Crippen molar-refractivity contribution in [1.82, 2.24) is 20.6 Å². The second-order valence-electron chi connectivity index (χ2n) is 4.65. The van der Waals surface area contributed by atoms with E-state index in [4.69, 9.17) is 0 Å². The molecule has 2 aromatic rings. The smallest absolute Gasteiger partial charge is 0.267 e. The number of sulfonamides is 1. The van der Waals surface area contributed by atoms with Crippen LogP contribution in [0.2, 0.25) is 0 Å². The van der Waals surface area contributed by atoms with E-state index in [2.05, 4.69) is 20.6 Å². The second-order valence-corrected chi connectivity index (χ2v) is 6.42. The van der Waals surface area contributed by atoms with Gasteiger partial charge in [-0.3, -0.25) is 25.4 Å². The van der Waals surface area contributed by atoms with Gasteiger partial charge in [0.25, 0.3) is 11.8 Å². The fourth-order valence-corrected chi connectivity index (χ4v) is 2.85. The number of aromatic nitrogens is 1. The number of nitrogens with one attached hydrogen (secondary N) is 3. The quantitative estimate of drug-likeness (QED) is 0.679. The molecule has 126 valence electrons. The van der Waals surface area contributed by atoms with E-state index in [1.807, 2.05) is 0 Å². The van der Waals surface area contributed by atoms with Crippen molar-refractivity contribution in [3.8, 4) is 0 Å². The molecule has 3 N–H and O–H groups in total. The lowest BCUT2D eigenvalue weighted by Crippen LogP contribution is -2.41. The molecule has 0 bridgehead atoms. The van der Waals surface area contributed by atoms with Crippen molar-refractivity contribution >= 4 is 21.8 Å². The summed E-state index contributed by atoms with van der Waals surface area (Å²) in [5.41, 5.74) is 4.83. The lowest BCUT2D eigenvalue weighted by atomic mass is 10.2. The number of carbonyl (C=O) groups excluding carboxylic acids is 2. The van der Waals surface area contributed by atoms with Crippen LogP contribution in [0.25, 0.3) is 0 Å². The van der Waals surface area contributed by atoms with E-state index in [0.29, 0.717) is 0 Å². The molecule has 1 aromatic heterocycles. The number of benzene rings is 1. The third kappa shape index (κ3) is 4.37. The molecular weight excluding hydrogens is 332 g/mol. The number of pyridine rings is 1. The molecular formula is C15H16N4O4S. The van der Waals surface area contributed by atoms with Crippen LogP contribution in [0.1, 0.15) is 27.8 Å². The minimum Gasteiger partial charge on any atom is -0.267 e. The lowest BCUT2D eigenvalue weighted by Gasteiger charge is -2.08. The SMILES string of the molecule is CCNS(=O)(=O)c1ccc(C(=O)NNC(=O)c2ccccn2)cc1. The Morgan fingerprint density at radius 3 is 2.25 bits per heavy atom. The van der Waals surface area contributed by atoms with Gasteiger partial charge in [-0.15, -0.1) is 0 Å². The van der Waals surface area contributed by atoms with Crippen LogP contribution in [0, 0.1) is 0 Å². The van der Waals surface area contributed by atoms with E-state index >= 15 is 0 Å². The van der Waals surface area contributed by atoms with Gasteiger partial charge in [0, 0.05) is 18.3 Å². The number of amides is 2. The molecule has 9 heteroatoms. The molecule has 0 fully saturated rings. The Balaban J connectivity index is 1.99. The zero-order chi connectivity index (χ0) is 17.6. The van der Waals surface area contributed by atoms with Gasteiger partial charge in [-0.05, 0) is 36.4 Å². The van der Waals surface area contributed by atoms with Gasteiger partial charge in [-0.1, -0.05) is 13.0 Å². The third-order valence-corrected chi connectivity index (χ3v) is 4.51. The molecule has 0 unspecified atom stereocenters. The Kier molecular flexibility index (Phi) is 5.61. The highest BCUT2D eigenvalue weighted by atomic mass is 32.2. The predicted molar refractivity (Wildman–Crippen MR) is 86.5 cm³/mol. The molecule has 1 heterocycles. The largest absolute Gasteiger partial charge is 0.288 e. The third-order valence-electron chi connectivity index (χ3n) is 2.95.